The van der Waals surface area contributed by atoms with Crippen LogP contribution in [-0.4, -0.2) is 0 Å². The lowest BCUT2D eigenvalue weighted by atomic mass is 9.68. The van der Waals surface area contributed by atoms with E-state index >= 15 is 0 Å². The van der Waals surface area contributed by atoms with Gasteiger partial charge in [-0.05, 0) is 98.7 Å². The summed E-state index contributed by atoms with van der Waals surface area (Å²) in [6.45, 7) is 2.25. The molecule has 2 aliphatic rings. The van der Waals surface area contributed by atoms with Gasteiger partial charge in [-0.15, -0.1) is 0 Å². The second kappa shape index (κ2) is 13.8. The minimum Gasteiger partial charge on any atom is -0.195 e. The minimum atomic E-state index is -0.614. The summed E-state index contributed by atoms with van der Waals surface area (Å²) in [7, 11) is 0. The maximum atomic E-state index is 12.9. The first-order chi connectivity index (χ1) is 15.7. The van der Waals surface area contributed by atoms with Gasteiger partial charge in [-0.2, -0.15) is 9.65 Å². The quantitative estimate of drug-likeness (QED) is 0.250. The maximum Gasteiger partial charge on any atom is 0.196 e. The molecule has 0 unspecified atom stereocenters. The van der Waals surface area contributed by atoms with E-state index in [9.17, 15) is 4.39 Å². The molecule has 2 fully saturated rings. The third-order valence-electron chi connectivity index (χ3n) is 8.34. The van der Waals surface area contributed by atoms with Gasteiger partial charge in [-0.3, -0.25) is 0 Å². The topological polar surface area (TPSA) is 23.8 Å². The number of hydrogen-bond donors (Lipinski definition) is 0. The molecule has 0 amide bonds. The van der Waals surface area contributed by atoms with Gasteiger partial charge in [-0.25, -0.2) is 0 Å². The number of benzene rings is 1. The Labute approximate surface area is 196 Å². The number of hydrogen-bond acceptors (Lipinski definition) is 1. The molecule has 176 valence electrons. The van der Waals surface area contributed by atoms with Gasteiger partial charge >= 0.3 is 0 Å². The van der Waals surface area contributed by atoms with Crippen LogP contribution < -0.4 is 0 Å². The highest BCUT2D eigenvalue weighted by Crippen LogP contribution is 2.43. The fraction of sp³-hybridized carbons (Fsp3) is 0.700. The van der Waals surface area contributed by atoms with Gasteiger partial charge in [0.05, 0.1) is 0 Å². The highest BCUT2D eigenvalue weighted by atomic mass is 19.1. The van der Waals surface area contributed by atoms with Crippen molar-refractivity contribution in [1.29, 1.82) is 5.26 Å². The first-order valence-electron chi connectivity index (χ1n) is 13.5. The standard InChI is InChI=1S/C30H44FN/c1-2-6-24-11-13-25(14-12-24)7-3-4-8-26-15-19-28(20-16-26)29-21-17-27(18-22-29)9-5-10-30(31)23-32/h10-14,26-29H,2-9,15-22H2,1H3/b30-10-. The molecule has 0 aromatic heterocycles. The summed E-state index contributed by atoms with van der Waals surface area (Å²) in [4.78, 5) is 0. The van der Waals surface area contributed by atoms with Gasteiger partial charge in [0.1, 0.15) is 6.07 Å². The van der Waals surface area contributed by atoms with Crippen molar-refractivity contribution in [3.63, 3.8) is 0 Å². The second-order valence-electron chi connectivity index (χ2n) is 10.6. The third-order valence-corrected chi connectivity index (χ3v) is 8.34. The van der Waals surface area contributed by atoms with E-state index in [0.717, 1.165) is 36.5 Å². The van der Waals surface area contributed by atoms with Crippen molar-refractivity contribution < 1.29 is 4.39 Å². The van der Waals surface area contributed by atoms with Crippen LogP contribution in [0.3, 0.4) is 0 Å². The Balaban J connectivity index is 1.25. The Bertz CT molecular complexity index is 712. The zero-order valence-corrected chi connectivity index (χ0v) is 20.3. The molecule has 2 saturated carbocycles. The number of halogens is 1. The molecular formula is C30H44FN. The number of nitriles is 1. The minimum absolute atomic E-state index is 0.614. The zero-order chi connectivity index (χ0) is 22.6. The Morgan fingerprint density at radius 2 is 1.38 bits per heavy atom. The molecule has 3 rings (SSSR count). The van der Waals surface area contributed by atoms with Gasteiger partial charge in [0.25, 0.3) is 0 Å². The Hall–Kier alpha value is -1.62. The molecule has 0 aliphatic heterocycles. The summed E-state index contributed by atoms with van der Waals surface area (Å²) in [6.07, 6.45) is 22.3. The predicted molar refractivity (Wildman–Crippen MR) is 133 cm³/mol. The number of unbranched alkanes of at least 4 members (excludes halogenated alkanes) is 1. The van der Waals surface area contributed by atoms with Crippen molar-refractivity contribution in [3.05, 3.63) is 47.3 Å². The molecular weight excluding hydrogens is 393 g/mol. The van der Waals surface area contributed by atoms with E-state index in [4.69, 9.17) is 5.26 Å². The lowest BCUT2D eigenvalue weighted by Crippen LogP contribution is -2.25. The van der Waals surface area contributed by atoms with E-state index in [1.54, 1.807) is 6.07 Å². The van der Waals surface area contributed by atoms with Crippen molar-refractivity contribution >= 4 is 0 Å². The summed E-state index contributed by atoms with van der Waals surface area (Å²) in [6, 6.07) is 10.9. The second-order valence-corrected chi connectivity index (χ2v) is 10.6. The van der Waals surface area contributed by atoms with Crippen LogP contribution >= 0.6 is 0 Å². The highest BCUT2D eigenvalue weighted by molar-refractivity contribution is 5.22. The Morgan fingerprint density at radius 3 is 1.91 bits per heavy atom. The number of nitrogens with zero attached hydrogens (tertiary/aromatic N) is 1. The molecule has 2 aliphatic carbocycles. The zero-order valence-electron chi connectivity index (χ0n) is 20.3. The van der Waals surface area contributed by atoms with Crippen LogP contribution in [0.15, 0.2) is 36.2 Å². The van der Waals surface area contributed by atoms with Crippen LogP contribution in [0.1, 0.15) is 108 Å². The van der Waals surface area contributed by atoms with Gasteiger partial charge in [0, 0.05) is 0 Å². The molecule has 32 heavy (non-hydrogen) atoms. The van der Waals surface area contributed by atoms with Crippen LogP contribution in [0.2, 0.25) is 0 Å². The monoisotopic (exact) mass is 437 g/mol. The molecule has 0 N–H and O–H groups in total. The lowest BCUT2D eigenvalue weighted by Gasteiger charge is -2.38. The normalized spacial score (nSPS) is 26.6. The van der Waals surface area contributed by atoms with Crippen LogP contribution in [0.4, 0.5) is 4.39 Å². The maximum absolute atomic E-state index is 12.9. The van der Waals surface area contributed by atoms with Crippen LogP contribution in [0.5, 0.6) is 0 Å². The van der Waals surface area contributed by atoms with Gasteiger partial charge in [0.2, 0.25) is 0 Å². The highest BCUT2D eigenvalue weighted by Gasteiger charge is 2.30. The molecule has 0 saturated heterocycles. The first-order valence-corrected chi connectivity index (χ1v) is 13.5. The van der Waals surface area contributed by atoms with E-state index in [-0.39, 0.29) is 0 Å². The predicted octanol–water partition coefficient (Wildman–Crippen LogP) is 9.12. The molecule has 2 heteroatoms. The van der Waals surface area contributed by atoms with Crippen LogP contribution in [0.25, 0.3) is 0 Å². The number of allylic oxidation sites excluding steroid dienone is 2. The van der Waals surface area contributed by atoms with Crippen LogP contribution in [0, 0.1) is 35.0 Å². The van der Waals surface area contributed by atoms with Crippen LogP contribution in [-0.2, 0) is 12.8 Å². The van der Waals surface area contributed by atoms with E-state index in [0.29, 0.717) is 0 Å². The average Bonchev–Trinajstić information content (AvgIpc) is 2.84. The SMILES string of the molecule is CCCc1ccc(CCCCC2CCC(C3CCC(CC/C=C(\F)C#N)CC3)CC2)cc1. The summed E-state index contributed by atoms with van der Waals surface area (Å²) < 4.78 is 12.9. The van der Waals surface area contributed by atoms with Gasteiger partial charge in [-0.1, -0.05) is 76.1 Å². The molecule has 0 radical (unpaired) electrons. The third kappa shape index (κ3) is 8.38. The van der Waals surface area contributed by atoms with Gasteiger partial charge in [0.15, 0.2) is 5.83 Å². The summed E-state index contributed by atoms with van der Waals surface area (Å²) in [5.74, 6) is 3.00. The van der Waals surface area contributed by atoms with Gasteiger partial charge < -0.3 is 0 Å². The summed E-state index contributed by atoms with van der Waals surface area (Å²) in [5.41, 5.74) is 2.99. The Kier molecular flexibility index (Phi) is 10.8. The van der Waals surface area contributed by atoms with E-state index < -0.39 is 5.83 Å². The summed E-state index contributed by atoms with van der Waals surface area (Å²) >= 11 is 0. The molecule has 0 atom stereocenters. The van der Waals surface area contributed by atoms with E-state index in [2.05, 4.69) is 31.2 Å². The molecule has 0 heterocycles. The smallest absolute Gasteiger partial charge is 0.195 e. The molecule has 0 spiro atoms. The lowest BCUT2D eigenvalue weighted by molar-refractivity contribution is 0.140. The average molecular weight is 438 g/mol. The molecule has 0 bridgehead atoms. The van der Waals surface area contributed by atoms with E-state index in [1.165, 1.54) is 107 Å². The van der Waals surface area contributed by atoms with Crippen molar-refractivity contribution in [2.24, 2.45) is 23.7 Å². The number of aryl methyl sites for hydroxylation is 2. The Morgan fingerprint density at radius 1 is 0.844 bits per heavy atom. The fourth-order valence-corrected chi connectivity index (χ4v) is 6.31. The van der Waals surface area contributed by atoms with Crippen molar-refractivity contribution in [3.8, 4) is 6.07 Å². The van der Waals surface area contributed by atoms with E-state index in [1.807, 2.05) is 0 Å². The molecule has 1 aromatic rings. The fourth-order valence-electron chi connectivity index (χ4n) is 6.31. The first kappa shape index (κ1) is 25.0. The summed E-state index contributed by atoms with van der Waals surface area (Å²) in [5, 5.41) is 8.51. The number of rotatable bonds is 11. The van der Waals surface area contributed by atoms with Crippen molar-refractivity contribution in [2.45, 2.75) is 110 Å². The van der Waals surface area contributed by atoms with Crippen molar-refractivity contribution in [1.82, 2.24) is 0 Å². The molecule has 1 aromatic carbocycles. The van der Waals surface area contributed by atoms with Crippen molar-refractivity contribution in [2.75, 3.05) is 0 Å². The largest absolute Gasteiger partial charge is 0.196 e. The molecule has 1 nitrogen and oxygen atoms in total.